The Bertz CT molecular complexity index is 367. The van der Waals surface area contributed by atoms with Gasteiger partial charge in [0.2, 0.25) is 0 Å². The maximum Gasteiger partial charge on any atom is 0.0535 e. The second kappa shape index (κ2) is 4.46. The summed E-state index contributed by atoms with van der Waals surface area (Å²) in [4.78, 5) is 2.41. The van der Waals surface area contributed by atoms with Crippen LogP contribution in [0.4, 0.5) is 5.69 Å². The molecular weight excluding hydrogens is 196 g/mol. The first-order valence-electron chi connectivity index (χ1n) is 6.13. The Labute approximate surface area is 98.7 Å². The van der Waals surface area contributed by atoms with Crippen molar-refractivity contribution in [2.75, 3.05) is 25.0 Å². The van der Waals surface area contributed by atoms with E-state index in [1.807, 2.05) is 0 Å². The average molecular weight is 218 g/mol. The summed E-state index contributed by atoms with van der Waals surface area (Å²) in [6, 6.07) is 7.50. The van der Waals surface area contributed by atoms with Crippen molar-refractivity contribution in [1.82, 2.24) is 5.32 Å². The van der Waals surface area contributed by atoms with Gasteiger partial charge in [0, 0.05) is 25.8 Å². The van der Waals surface area contributed by atoms with Crippen LogP contribution >= 0.6 is 0 Å². The molecule has 0 unspecified atom stereocenters. The van der Waals surface area contributed by atoms with Crippen molar-refractivity contribution >= 4 is 5.69 Å². The highest BCUT2D eigenvalue weighted by Gasteiger charge is 2.22. The summed E-state index contributed by atoms with van der Waals surface area (Å²) >= 11 is 0. The molecule has 1 aliphatic heterocycles. The molecule has 0 atom stereocenters. The van der Waals surface area contributed by atoms with Crippen LogP contribution in [0, 0.1) is 6.92 Å². The topological polar surface area (TPSA) is 15.3 Å². The van der Waals surface area contributed by atoms with Crippen LogP contribution in [0.5, 0.6) is 0 Å². The van der Waals surface area contributed by atoms with Gasteiger partial charge in [-0.25, -0.2) is 0 Å². The maximum absolute atomic E-state index is 3.33. The predicted molar refractivity (Wildman–Crippen MR) is 70.3 cm³/mol. The van der Waals surface area contributed by atoms with Gasteiger partial charge in [0.05, 0.1) is 6.04 Å². The van der Waals surface area contributed by atoms with Gasteiger partial charge in [0.15, 0.2) is 0 Å². The smallest absolute Gasteiger partial charge is 0.0535 e. The number of rotatable bonds is 3. The minimum atomic E-state index is 0.604. The Morgan fingerprint density at radius 2 is 2.00 bits per heavy atom. The predicted octanol–water partition coefficient (Wildman–Crippen LogP) is 2.53. The second-order valence-corrected chi connectivity index (χ2v) is 5.12. The lowest BCUT2D eigenvalue weighted by Crippen LogP contribution is -2.56. The zero-order chi connectivity index (χ0) is 11.7. The molecule has 0 aromatic heterocycles. The lowest BCUT2D eigenvalue weighted by atomic mass is 9.99. The number of aryl methyl sites for hydroxylation is 1. The van der Waals surface area contributed by atoms with Crippen LogP contribution in [0.2, 0.25) is 0 Å². The molecular formula is C14H22N2. The second-order valence-electron chi connectivity index (χ2n) is 5.12. The number of likely N-dealkylation sites (N-methyl/N-ethyl adjacent to an activating group) is 1. The largest absolute Gasteiger partial charge is 0.369 e. The summed E-state index contributed by atoms with van der Waals surface area (Å²) < 4.78 is 0. The van der Waals surface area contributed by atoms with Gasteiger partial charge >= 0.3 is 0 Å². The van der Waals surface area contributed by atoms with Gasteiger partial charge < -0.3 is 10.2 Å². The highest BCUT2D eigenvalue weighted by Crippen LogP contribution is 2.26. The molecule has 0 spiro atoms. The van der Waals surface area contributed by atoms with Crippen LogP contribution in [-0.2, 0) is 0 Å². The third-order valence-electron chi connectivity index (χ3n) is 3.59. The lowest BCUT2D eigenvalue weighted by molar-refractivity contribution is 0.428. The number of benzene rings is 1. The zero-order valence-electron chi connectivity index (χ0n) is 10.7. The molecule has 1 N–H and O–H groups in total. The van der Waals surface area contributed by atoms with E-state index in [1.54, 1.807) is 0 Å². The van der Waals surface area contributed by atoms with Crippen molar-refractivity contribution < 1.29 is 0 Å². The number of hydrogen-bond donors (Lipinski definition) is 1. The number of nitrogens with one attached hydrogen (secondary N) is 1. The van der Waals surface area contributed by atoms with Crippen molar-refractivity contribution in [2.24, 2.45) is 0 Å². The van der Waals surface area contributed by atoms with Crippen molar-refractivity contribution in [3.05, 3.63) is 29.3 Å². The third-order valence-corrected chi connectivity index (χ3v) is 3.59. The summed E-state index contributed by atoms with van der Waals surface area (Å²) in [5.41, 5.74) is 4.19. The summed E-state index contributed by atoms with van der Waals surface area (Å²) in [7, 11) is 2.21. The standard InChI is InChI=1S/C14H22N2/c1-10(2)12-6-5-11(3)14(7-12)16(4)13-8-15-9-13/h5-7,10,13,15H,8-9H2,1-4H3. The highest BCUT2D eigenvalue weighted by molar-refractivity contribution is 5.56. The van der Waals surface area contributed by atoms with E-state index in [0.717, 1.165) is 13.1 Å². The Hall–Kier alpha value is -1.02. The van der Waals surface area contributed by atoms with E-state index in [4.69, 9.17) is 0 Å². The van der Waals surface area contributed by atoms with E-state index < -0.39 is 0 Å². The molecule has 2 nitrogen and oxygen atoms in total. The lowest BCUT2D eigenvalue weighted by Gasteiger charge is -2.38. The molecule has 88 valence electrons. The zero-order valence-corrected chi connectivity index (χ0v) is 10.7. The van der Waals surface area contributed by atoms with Crippen molar-refractivity contribution in [3.63, 3.8) is 0 Å². The SMILES string of the molecule is Cc1ccc(C(C)C)cc1N(C)C1CNC1. The van der Waals surface area contributed by atoms with Crippen LogP contribution in [0.15, 0.2) is 18.2 Å². The molecule has 1 heterocycles. The van der Waals surface area contributed by atoms with E-state index in [2.05, 4.69) is 56.2 Å². The number of hydrogen-bond acceptors (Lipinski definition) is 2. The molecule has 0 bridgehead atoms. The van der Waals surface area contributed by atoms with Crippen LogP contribution < -0.4 is 10.2 Å². The van der Waals surface area contributed by atoms with Crippen LogP contribution in [0.3, 0.4) is 0 Å². The van der Waals surface area contributed by atoms with Gasteiger partial charge in [-0.05, 0) is 30.0 Å². The van der Waals surface area contributed by atoms with Gasteiger partial charge in [0.25, 0.3) is 0 Å². The van der Waals surface area contributed by atoms with E-state index >= 15 is 0 Å². The fraction of sp³-hybridized carbons (Fsp3) is 0.571. The van der Waals surface area contributed by atoms with Crippen molar-refractivity contribution in [2.45, 2.75) is 32.7 Å². The molecule has 16 heavy (non-hydrogen) atoms. The minimum absolute atomic E-state index is 0.604. The molecule has 1 saturated heterocycles. The Morgan fingerprint density at radius 3 is 2.50 bits per heavy atom. The maximum atomic E-state index is 3.33. The monoisotopic (exact) mass is 218 g/mol. The van der Waals surface area contributed by atoms with E-state index in [1.165, 1.54) is 16.8 Å². The first-order valence-corrected chi connectivity index (χ1v) is 6.13. The van der Waals surface area contributed by atoms with Crippen LogP contribution in [-0.4, -0.2) is 26.2 Å². The van der Waals surface area contributed by atoms with Gasteiger partial charge in [-0.1, -0.05) is 26.0 Å². The Balaban J connectivity index is 2.27. The molecule has 1 aromatic carbocycles. The van der Waals surface area contributed by atoms with E-state index in [-0.39, 0.29) is 0 Å². The summed E-state index contributed by atoms with van der Waals surface area (Å²) in [5.74, 6) is 0.604. The summed E-state index contributed by atoms with van der Waals surface area (Å²) in [5, 5.41) is 3.33. The van der Waals surface area contributed by atoms with Crippen molar-refractivity contribution in [1.29, 1.82) is 0 Å². The molecule has 1 aromatic rings. The molecule has 0 amide bonds. The molecule has 0 aliphatic carbocycles. The Kier molecular flexibility index (Phi) is 3.20. The fourth-order valence-corrected chi connectivity index (χ4v) is 2.11. The first-order chi connectivity index (χ1) is 7.59. The molecule has 0 radical (unpaired) electrons. The summed E-state index contributed by atoms with van der Waals surface area (Å²) in [6.07, 6.45) is 0. The van der Waals surface area contributed by atoms with Crippen LogP contribution in [0.25, 0.3) is 0 Å². The molecule has 1 fully saturated rings. The molecule has 1 aliphatic rings. The number of anilines is 1. The van der Waals surface area contributed by atoms with Crippen molar-refractivity contribution in [3.8, 4) is 0 Å². The molecule has 2 heteroatoms. The van der Waals surface area contributed by atoms with E-state index in [0.29, 0.717) is 12.0 Å². The Morgan fingerprint density at radius 1 is 1.31 bits per heavy atom. The van der Waals surface area contributed by atoms with Gasteiger partial charge in [-0.15, -0.1) is 0 Å². The normalized spacial score (nSPS) is 16.3. The van der Waals surface area contributed by atoms with E-state index in [9.17, 15) is 0 Å². The minimum Gasteiger partial charge on any atom is -0.369 e. The number of nitrogens with zero attached hydrogens (tertiary/aromatic N) is 1. The third kappa shape index (κ3) is 2.07. The van der Waals surface area contributed by atoms with Gasteiger partial charge in [-0.3, -0.25) is 0 Å². The quantitative estimate of drug-likeness (QED) is 0.838. The first kappa shape index (κ1) is 11.5. The van der Waals surface area contributed by atoms with Gasteiger partial charge in [-0.2, -0.15) is 0 Å². The molecule has 2 rings (SSSR count). The fourth-order valence-electron chi connectivity index (χ4n) is 2.11. The molecule has 0 saturated carbocycles. The van der Waals surface area contributed by atoms with Gasteiger partial charge in [0.1, 0.15) is 0 Å². The average Bonchev–Trinajstić information content (AvgIpc) is 2.15. The van der Waals surface area contributed by atoms with Crippen LogP contribution in [0.1, 0.15) is 30.9 Å². The summed E-state index contributed by atoms with van der Waals surface area (Å²) in [6.45, 7) is 8.92. The highest BCUT2D eigenvalue weighted by atomic mass is 15.2.